The Morgan fingerprint density at radius 2 is 2.00 bits per heavy atom. The fraction of sp³-hybridized carbons (Fsp3) is 0.400. The van der Waals surface area contributed by atoms with Crippen molar-refractivity contribution in [3.05, 3.63) is 34.5 Å². The number of hydrogen-bond acceptors (Lipinski definition) is 3. The molecule has 0 aliphatic carbocycles. The number of carboxylic acid groups (broad SMARTS) is 1. The SMILES string of the molecule is CCCS(=O)(=O)NCc1c(C(=O)O)[nH]c2cc(C)cc(C)c12. The number of aromatic carboxylic acids is 1. The van der Waals surface area contributed by atoms with Crippen LogP contribution >= 0.6 is 0 Å². The van der Waals surface area contributed by atoms with Crippen molar-refractivity contribution in [1.29, 1.82) is 0 Å². The van der Waals surface area contributed by atoms with Gasteiger partial charge in [0.05, 0.1) is 5.75 Å². The molecular weight excluding hydrogens is 304 g/mol. The third-order valence-corrected chi connectivity index (χ3v) is 5.03. The maximum atomic E-state index is 11.8. The van der Waals surface area contributed by atoms with E-state index in [2.05, 4.69) is 9.71 Å². The zero-order chi connectivity index (χ0) is 16.5. The molecule has 0 radical (unpaired) electrons. The second-order valence-electron chi connectivity index (χ2n) is 5.43. The predicted molar refractivity (Wildman–Crippen MR) is 85.6 cm³/mol. The summed E-state index contributed by atoms with van der Waals surface area (Å²) < 4.78 is 26.1. The van der Waals surface area contributed by atoms with Crippen molar-refractivity contribution >= 4 is 26.9 Å². The van der Waals surface area contributed by atoms with E-state index in [1.807, 2.05) is 26.0 Å². The fourth-order valence-electron chi connectivity index (χ4n) is 2.68. The third-order valence-electron chi connectivity index (χ3n) is 3.50. The summed E-state index contributed by atoms with van der Waals surface area (Å²) in [6, 6.07) is 3.81. The van der Waals surface area contributed by atoms with Crippen LogP contribution in [0.1, 0.15) is 40.5 Å². The van der Waals surface area contributed by atoms with E-state index >= 15 is 0 Å². The van der Waals surface area contributed by atoms with E-state index in [0.717, 1.165) is 16.5 Å². The molecule has 1 aromatic carbocycles. The van der Waals surface area contributed by atoms with E-state index in [4.69, 9.17) is 0 Å². The van der Waals surface area contributed by atoms with Gasteiger partial charge >= 0.3 is 5.97 Å². The minimum absolute atomic E-state index is 0.0237. The summed E-state index contributed by atoms with van der Waals surface area (Å²) in [4.78, 5) is 14.3. The summed E-state index contributed by atoms with van der Waals surface area (Å²) in [5.41, 5.74) is 3.15. The van der Waals surface area contributed by atoms with Gasteiger partial charge in [-0.1, -0.05) is 13.0 Å². The number of carboxylic acids is 1. The lowest BCUT2D eigenvalue weighted by Gasteiger charge is -2.07. The summed E-state index contributed by atoms with van der Waals surface area (Å²) in [6.07, 6.45) is 0.507. The number of sulfonamides is 1. The molecule has 1 heterocycles. The molecule has 0 saturated carbocycles. The first-order valence-electron chi connectivity index (χ1n) is 7.07. The topological polar surface area (TPSA) is 99.3 Å². The highest BCUT2D eigenvalue weighted by Gasteiger charge is 2.20. The van der Waals surface area contributed by atoms with Crippen molar-refractivity contribution in [2.75, 3.05) is 5.75 Å². The van der Waals surface area contributed by atoms with E-state index in [-0.39, 0.29) is 18.0 Å². The monoisotopic (exact) mass is 324 g/mol. The molecule has 6 nitrogen and oxygen atoms in total. The van der Waals surface area contributed by atoms with Gasteiger partial charge in [0.2, 0.25) is 10.0 Å². The van der Waals surface area contributed by atoms with Gasteiger partial charge in [0.1, 0.15) is 5.69 Å². The van der Waals surface area contributed by atoms with Crippen molar-refractivity contribution in [1.82, 2.24) is 9.71 Å². The van der Waals surface area contributed by atoms with E-state index < -0.39 is 16.0 Å². The van der Waals surface area contributed by atoms with Gasteiger partial charge in [-0.3, -0.25) is 0 Å². The van der Waals surface area contributed by atoms with Gasteiger partial charge in [-0.15, -0.1) is 0 Å². The van der Waals surface area contributed by atoms with Crippen LogP contribution < -0.4 is 4.72 Å². The number of aromatic nitrogens is 1. The number of fused-ring (bicyclic) bond motifs is 1. The normalized spacial score (nSPS) is 12.0. The van der Waals surface area contributed by atoms with Crippen molar-refractivity contribution in [3.63, 3.8) is 0 Å². The van der Waals surface area contributed by atoms with Gasteiger partial charge in [0.15, 0.2) is 0 Å². The molecule has 0 aliphatic rings. The van der Waals surface area contributed by atoms with Crippen LogP contribution in [-0.4, -0.2) is 30.2 Å². The van der Waals surface area contributed by atoms with Crippen molar-refractivity contribution in [3.8, 4) is 0 Å². The molecule has 7 heteroatoms. The molecule has 2 rings (SSSR count). The smallest absolute Gasteiger partial charge is 0.352 e. The number of aromatic amines is 1. The zero-order valence-electron chi connectivity index (χ0n) is 12.9. The van der Waals surface area contributed by atoms with Gasteiger partial charge in [-0.2, -0.15) is 0 Å². The summed E-state index contributed by atoms with van der Waals surface area (Å²) in [5.74, 6) is -1.08. The van der Waals surface area contributed by atoms with Crippen LogP contribution in [0.5, 0.6) is 0 Å². The Morgan fingerprint density at radius 1 is 1.32 bits per heavy atom. The van der Waals surface area contributed by atoms with Gasteiger partial charge in [0.25, 0.3) is 0 Å². The number of nitrogens with one attached hydrogen (secondary N) is 2. The zero-order valence-corrected chi connectivity index (χ0v) is 13.7. The quantitative estimate of drug-likeness (QED) is 0.759. The second kappa shape index (κ2) is 6.10. The Bertz CT molecular complexity index is 822. The first-order valence-corrected chi connectivity index (χ1v) is 8.73. The molecule has 1 aromatic heterocycles. The van der Waals surface area contributed by atoms with E-state index in [1.165, 1.54) is 0 Å². The van der Waals surface area contributed by atoms with Crippen LogP contribution in [0.3, 0.4) is 0 Å². The third kappa shape index (κ3) is 3.31. The summed E-state index contributed by atoms with van der Waals surface area (Å²) in [5, 5.41) is 10.1. The molecule has 0 aliphatic heterocycles. The lowest BCUT2D eigenvalue weighted by atomic mass is 10.0. The predicted octanol–water partition coefficient (Wildman–Crippen LogP) is 2.31. The van der Waals surface area contributed by atoms with Crippen molar-refractivity contribution in [2.24, 2.45) is 0 Å². The number of H-pyrrole nitrogens is 1. The average Bonchev–Trinajstić information content (AvgIpc) is 2.75. The molecule has 120 valence electrons. The maximum absolute atomic E-state index is 11.8. The fourth-order valence-corrected chi connectivity index (χ4v) is 3.73. The Labute approximate surface area is 129 Å². The number of rotatable bonds is 6. The van der Waals surface area contributed by atoms with E-state index in [9.17, 15) is 18.3 Å². The largest absolute Gasteiger partial charge is 0.477 e. The molecule has 3 N–H and O–H groups in total. The molecule has 0 saturated heterocycles. The number of carbonyl (C=O) groups is 1. The lowest BCUT2D eigenvalue weighted by Crippen LogP contribution is -2.26. The number of hydrogen-bond donors (Lipinski definition) is 3. The van der Waals surface area contributed by atoms with Crippen molar-refractivity contribution < 1.29 is 18.3 Å². The Hall–Kier alpha value is -1.86. The molecule has 0 atom stereocenters. The van der Waals surface area contributed by atoms with Crippen LogP contribution in [0, 0.1) is 13.8 Å². The highest BCUT2D eigenvalue weighted by molar-refractivity contribution is 7.89. The van der Waals surface area contributed by atoms with Crippen LogP contribution in [0.4, 0.5) is 0 Å². The molecule has 0 unspecified atom stereocenters. The first-order chi connectivity index (χ1) is 10.2. The Balaban J connectivity index is 2.51. The Morgan fingerprint density at radius 3 is 2.59 bits per heavy atom. The standard InChI is InChI=1S/C15H20N2O4S/c1-4-5-22(20,21)16-8-11-13-10(3)6-9(2)7-12(13)17-14(11)15(18)19/h6-7,16-17H,4-5,8H2,1-3H3,(H,18,19). The lowest BCUT2D eigenvalue weighted by molar-refractivity contribution is 0.0690. The second-order valence-corrected chi connectivity index (χ2v) is 7.35. The van der Waals surface area contributed by atoms with Crippen LogP contribution in [0.15, 0.2) is 12.1 Å². The van der Waals surface area contributed by atoms with Crippen LogP contribution in [0.25, 0.3) is 10.9 Å². The summed E-state index contributed by atoms with van der Waals surface area (Å²) in [7, 11) is -3.40. The van der Waals surface area contributed by atoms with Gasteiger partial charge in [0, 0.05) is 23.0 Å². The van der Waals surface area contributed by atoms with E-state index in [0.29, 0.717) is 17.5 Å². The highest BCUT2D eigenvalue weighted by atomic mass is 32.2. The van der Waals surface area contributed by atoms with Gasteiger partial charge in [-0.25, -0.2) is 17.9 Å². The molecule has 0 fully saturated rings. The molecule has 22 heavy (non-hydrogen) atoms. The van der Waals surface area contributed by atoms with E-state index in [1.54, 1.807) is 6.92 Å². The molecule has 0 bridgehead atoms. The minimum Gasteiger partial charge on any atom is -0.477 e. The summed E-state index contributed by atoms with van der Waals surface area (Å²) in [6.45, 7) is 5.56. The number of aryl methyl sites for hydroxylation is 2. The van der Waals surface area contributed by atoms with Gasteiger partial charge < -0.3 is 10.1 Å². The van der Waals surface area contributed by atoms with Gasteiger partial charge in [-0.05, 0) is 37.5 Å². The Kier molecular flexibility index (Phi) is 4.58. The molecule has 0 amide bonds. The average molecular weight is 324 g/mol. The summed E-state index contributed by atoms with van der Waals surface area (Å²) >= 11 is 0. The first kappa shape index (κ1) is 16.5. The van der Waals surface area contributed by atoms with Crippen LogP contribution in [-0.2, 0) is 16.6 Å². The van der Waals surface area contributed by atoms with Crippen molar-refractivity contribution in [2.45, 2.75) is 33.7 Å². The maximum Gasteiger partial charge on any atom is 0.352 e. The van der Waals surface area contributed by atoms with Crippen LogP contribution in [0.2, 0.25) is 0 Å². The minimum atomic E-state index is -3.40. The molecular formula is C15H20N2O4S. The molecule has 2 aromatic rings. The number of benzene rings is 1. The highest BCUT2D eigenvalue weighted by Crippen LogP contribution is 2.27. The molecule has 0 spiro atoms.